The number of hydrogen-bond acceptors (Lipinski definition) is 4. The number of carbonyl (C=O) groups is 2. The Morgan fingerprint density at radius 2 is 1.83 bits per heavy atom. The predicted molar refractivity (Wildman–Crippen MR) is 114 cm³/mol. The highest BCUT2D eigenvalue weighted by Gasteiger charge is 2.30. The van der Waals surface area contributed by atoms with Gasteiger partial charge in [-0.05, 0) is 44.2 Å². The lowest BCUT2D eigenvalue weighted by Gasteiger charge is -2.32. The van der Waals surface area contributed by atoms with Crippen LogP contribution in [0.3, 0.4) is 0 Å². The van der Waals surface area contributed by atoms with Gasteiger partial charge in [-0.3, -0.25) is 14.7 Å². The van der Waals surface area contributed by atoms with Crippen molar-refractivity contribution < 1.29 is 14.3 Å². The molecule has 1 aromatic heterocycles. The zero-order valence-electron chi connectivity index (χ0n) is 17.6. The lowest BCUT2D eigenvalue weighted by Crippen LogP contribution is -2.39. The van der Waals surface area contributed by atoms with Crippen LogP contribution < -0.4 is 4.74 Å². The molecule has 2 saturated heterocycles. The van der Waals surface area contributed by atoms with Gasteiger partial charge < -0.3 is 14.5 Å². The van der Waals surface area contributed by atoms with Crippen LogP contribution >= 0.6 is 0 Å². The molecule has 160 valence electrons. The molecule has 7 nitrogen and oxygen atoms in total. The summed E-state index contributed by atoms with van der Waals surface area (Å²) in [5, 5.41) is 7.21. The SMILES string of the molecule is Cc1ccccc1OCCC(=O)N1CCC(c2[nH]ncc2C(=O)N2CCCC2)CC1. The largest absolute Gasteiger partial charge is 0.493 e. The van der Waals surface area contributed by atoms with Gasteiger partial charge in [-0.25, -0.2) is 0 Å². The van der Waals surface area contributed by atoms with E-state index in [0.29, 0.717) is 31.7 Å². The number of carbonyl (C=O) groups excluding carboxylic acids is 2. The summed E-state index contributed by atoms with van der Waals surface area (Å²) in [5.41, 5.74) is 2.71. The van der Waals surface area contributed by atoms with E-state index in [1.165, 1.54) is 0 Å². The Bertz CT molecular complexity index is 880. The number of nitrogens with zero attached hydrogens (tertiary/aromatic N) is 3. The first-order valence-electron chi connectivity index (χ1n) is 10.9. The van der Waals surface area contributed by atoms with Crippen molar-refractivity contribution in [3.63, 3.8) is 0 Å². The van der Waals surface area contributed by atoms with Gasteiger partial charge >= 0.3 is 0 Å². The molecular weight excluding hydrogens is 380 g/mol. The molecule has 0 aliphatic carbocycles. The maximum absolute atomic E-state index is 12.8. The summed E-state index contributed by atoms with van der Waals surface area (Å²) >= 11 is 0. The number of benzene rings is 1. The van der Waals surface area contributed by atoms with Gasteiger partial charge in [0, 0.05) is 32.1 Å². The summed E-state index contributed by atoms with van der Waals surface area (Å²) in [5.74, 6) is 1.28. The topological polar surface area (TPSA) is 78.5 Å². The second-order valence-corrected chi connectivity index (χ2v) is 8.22. The predicted octanol–water partition coefficient (Wildman–Crippen LogP) is 3.13. The Morgan fingerprint density at radius 1 is 1.10 bits per heavy atom. The highest BCUT2D eigenvalue weighted by molar-refractivity contribution is 5.95. The van der Waals surface area contributed by atoms with Gasteiger partial charge in [0.1, 0.15) is 5.75 Å². The van der Waals surface area contributed by atoms with Crippen LogP contribution in [-0.4, -0.2) is 64.6 Å². The van der Waals surface area contributed by atoms with Gasteiger partial charge in [0.2, 0.25) is 5.91 Å². The van der Waals surface area contributed by atoms with Crippen LogP contribution in [0.5, 0.6) is 5.75 Å². The van der Waals surface area contributed by atoms with Gasteiger partial charge in [0.05, 0.1) is 30.5 Å². The van der Waals surface area contributed by atoms with Crippen molar-refractivity contribution in [2.45, 2.75) is 44.9 Å². The lowest BCUT2D eigenvalue weighted by molar-refractivity contribution is -0.132. The second kappa shape index (κ2) is 9.32. The fourth-order valence-electron chi connectivity index (χ4n) is 4.41. The number of nitrogens with one attached hydrogen (secondary N) is 1. The molecule has 30 heavy (non-hydrogen) atoms. The average Bonchev–Trinajstić information content (AvgIpc) is 3.47. The van der Waals surface area contributed by atoms with E-state index in [4.69, 9.17) is 4.74 Å². The standard InChI is InChI=1S/C23H30N4O3/c1-17-6-2-3-7-20(17)30-15-10-21(28)26-13-8-18(9-14-26)22-19(16-24-25-22)23(29)27-11-4-5-12-27/h2-3,6-7,16,18H,4-5,8-15H2,1H3,(H,24,25). The van der Waals surface area contributed by atoms with E-state index in [1.807, 2.05) is 41.0 Å². The molecular formula is C23H30N4O3. The van der Waals surface area contributed by atoms with Gasteiger partial charge in [-0.15, -0.1) is 0 Å². The number of amides is 2. The summed E-state index contributed by atoms with van der Waals surface area (Å²) in [4.78, 5) is 29.2. The van der Waals surface area contributed by atoms with Crippen molar-refractivity contribution in [2.24, 2.45) is 0 Å². The maximum atomic E-state index is 12.8. The van der Waals surface area contributed by atoms with E-state index in [2.05, 4.69) is 10.2 Å². The van der Waals surface area contributed by atoms with Crippen molar-refractivity contribution in [1.82, 2.24) is 20.0 Å². The maximum Gasteiger partial charge on any atom is 0.257 e. The number of aromatic nitrogens is 2. The van der Waals surface area contributed by atoms with Crippen LogP contribution in [0.1, 0.15) is 59.6 Å². The zero-order valence-corrected chi connectivity index (χ0v) is 17.6. The van der Waals surface area contributed by atoms with E-state index in [0.717, 1.165) is 55.8 Å². The summed E-state index contributed by atoms with van der Waals surface area (Å²) in [6.07, 6.45) is 5.87. The molecule has 2 aliphatic heterocycles. The highest BCUT2D eigenvalue weighted by Crippen LogP contribution is 2.30. The summed E-state index contributed by atoms with van der Waals surface area (Å²) in [6.45, 7) is 5.45. The fraction of sp³-hybridized carbons (Fsp3) is 0.522. The first-order chi connectivity index (χ1) is 14.6. The molecule has 0 unspecified atom stereocenters. The Morgan fingerprint density at radius 3 is 2.57 bits per heavy atom. The fourth-order valence-corrected chi connectivity index (χ4v) is 4.41. The van der Waals surface area contributed by atoms with Crippen LogP contribution in [0.2, 0.25) is 0 Å². The van der Waals surface area contributed by atoms with E-state index in [-0.39, 0.29) is 17.7 Å². The van der Waals surface area contributed by atoms with Crippen molar-refractivity contribution in [3.8, 4) is 5.75 Å². The molecule has 0 bridgehead atoms. The number of rotatable bonds is 6. The number of hydrogen-bond donors (Lipinski definition) is 1. The molecule has 7 heteroatoms. The molecule has 1 aromatic carbocycles. The number of piperidine rings is 1. The van der Waals surface area contributed by atoms with Gasteiger partial charge in [-0.2, -0.15) is 5.10 Å². The number of aryl methyl sites for hydroxylation is 1. The van der Waals surface area contributed by atoms with Gasteiger partial charge in [0.25, 0.3) is 5.91 Å². The Balaban J connectivity index is 1.27. The number of ether oxygens (including phenoxy) is 1. The Hall–Kier alpha value is -2.83. The smallest absolute Gasteiger partial charge is 0.257 e. The molecule has 0 saturated carbocycles. The van der Waals surface area contributed by atoms with Gasteiger partial charge in [0.15, 0.2) is 0 Å². The molecule has 4 rings (SSSR count). The molecule has 0 radical (unpaired) electrons. The summed E-state index contributed by atoms with van der Waals surface area (Å²) in [6, 6.07) is 7.84. The lowest BCUT2D eigenvalue weighted by atomic mass is 9.91. The third-order valence-electron chi connectivity index (χ3n) is 6.22. The zero-order chi connectivity index (χ0) is 20.9. The number of para-hydroxylation sites is 1. The normalized spacial score (nSPS) is 17.4. The average molecular weight is 411 g/mol. The van der Waals surface area contributed by atoms with Crippen molar-refractivity contribution in [1.29, 1.82) is 0 Å². The quantitative estimate of drug-likeness (QED) is 0.794. The summed E-state index contributed by atoms with van der Waals surface area (Å²) < 4.78 is 5.77. The molecule has 2 fully saturated rings. The molecule has 0 atom stereocenters. The number of H-pyrrole nitrogens is 1. The summed E-state index contributed by atoms with van der Waals surface area (Å²) in [7, 11) is 0. The minimum atomic E-state index is 0.0862. The Kier molecular flexibility index (Phi) is 6.35. The monoisotopic (exact) mass is 410 g/mol. The molecule has 3 heterocycles. The van der Waals surface area contributed by atoms with E-state index in [9.17, 15) is 9.59 Å². The first-order valence-corrected chi connectivity index (χ1v) is 10.9. The van der Waals surface area contributed by atoms with Crippen molar-refractivity contribution in [2.75, 3.05) is 32.8 Å². The van der Waals surface area contributed by atoms with Crippen LogP contribution in [0.4, 0.5) is 0 Å². The minimum absolute atomic E-state index is 0.0862. The van der Waals surface area contributed by atoms with E-state index in [1.54, 1.807) is 6.20 Å². The molecule has 1 N–H and O–H groups in total. The Labute approximate surface area is 177 Å². The van der Waals surface area contributed by atoms with Crippen molar-refractivity contribution in [3.05, 3.63) is 47.3 Å². The third-order valence-corrected chi connectivity index (χ3v) is 6.22. The van der Waals surface area contributed by atoms with Crippen molar-refractivity contribution >= 4 is 11.8 Å². The van der Waals surface area contributed by atoms with Crippen LogP contribution in [0.25, 0.3) is 0 Å². The molecule has 2 amide bonds. The van der Waals surface area contributed by atoms with Crippen LogP contribution in [0, 0.1) is 6.92 Å². The molecule has 2 aliphatic rings. The molecule has 2 aromatic rings. The second-order valence-electron chi connectivity index (χ2n) is 8.22. The molecule has 0 spiro atoms. The third kappa shape index (κ3) is 4.50. The highest BCUT2D eigenvalue weighted by atomic mass is 16.5. The van der Waals surface area contributed by atoms with E-state index < -0.39 is 0 Å². The van der Waals surface area contributed by atoms with Crippen LogP contribution in [0.15, 0.2) is 30.5 Å². The number of likely N-dealkylation sites (tertiary alicyclic amines) is 2. The van der Waals surface area contributed by atoms with Crippen LogP contribution in [-0.2, 0) is 4.79 Å². The number of aromatic amines is 1. The van der Waals surface area contributed by atoms with E-state index >= 15 is 0 Å². The first kappa shape index (κ1) is 20.4. The van der Waals surface area contributed by atoms with Gasteiger partial charge in [-0.1, -0.05) is 18.2 Å². The minimum Gasteiger partial charge on any atom is -0.493 e.